The summed E-state index contributed by atoms with van der Waals surface area (Å²) in [5.41, 5.74) is 1.38. The van der Waals surface area contributed by atoms with Gasteiger partial charge in [0.25, 0.3) is 5.78 Å². The first kappa shape index (κ1) is 13.9. The molecule has 0 spiro atoms. The van der Waals surface area contributed by atoms with E-state index in [2.05, 4.69) is 9.47 Å². The van der Waals surface area contributed by atoms with Gasteiger partial charge in [-0.2, -0.15) is 0 Å². The molecule has 0 bridgehead atoms. The van der Waals surface area contributed by atoms with E-state index in [0.717, 1.165) is 19.8 Å². The van der Waals surface area contributed by atoms with Crippen molar-refractivity contribution in [1.82, 2.24) is 0 Å². The molecule has 0 aliphatic rings. The van der Waals surface area contributed by atoms with E-state index < -0.39 is 23.6 Å². The van der Waals surface area contributed by atoms with E-state index in [9.17, 15) is 14.4 Å². The van der Waals surface area contributed by atoms with Gasteiger partial charge < -0.3 is 9.47 Å². The summed E-state index contributed by atoms with van der Waals surface area (Å²) in [7, 11) is 2.25. The molecule has 0 amide bonds. The lowest BCUT2D eigenvalue weighted by Gasteiger charge is -2.12. The standard InChI is InChI=1S/C13H14O5/c1-8-4-6-9(7-5-8)10(12(15)17-2)11(14)13(16)18-3/h4-7,10H,1-3H3. The van der Waals surface area contributed by atoms with E-state index in [1.807, 2.05) is 6.92 Å². The van der Waals surface area contributed by atoms with Crippen LogP contribution < -0.4 is 0 Å². The Labute approximate surface area is 105 Å². The van der Waals surface area contributed by atoms with Crippen LogP contribution in [0.2, 0.25) is 0 Å². The zero-order chi connectivity index (χ0) is 13.7. The first-order valence-electron chi connectivity index (χ1n) is 5.27. The molecule has 0 fully saturated rings. The molecule has 0 aliphatic heterocycles. The summed E-state index contributed by atoms with van der Waals surface area (Å²) in [5, 5.41) is 0. The number of carbonyl (C=O) groups is 3. The molecule has 1 unspecified atom stereocenters. The molecule has 0 saturated carbocycles. The number of benzene rings is 1. The van der Waals surface area contributed by atoms with E-state index in [4.69, 9.17) is 0 Å². The zero-order valence-corrected chi connectivity index (χ0v) is 10.4. The molecule has 96 valence electrons. The summed E-state index contributed by atoms with van der Waals surface area (Å²) in [6, 6.07) is 6.71. The van der Waals surface area contributed by atoms with Gasteiger partial charge in [0.1, 0.15) is 0 Å². The lowest BCUT2D eigenvalue weighted by molar-refractivity contribution is -0.157. The van der Waals surface area contributed by atoms with Crippen molar-refractivity contribution >= 4 is 17.7 Å². The van der Waals surface area contributed by atoms with Crippen LogP contribution >= 0.6 is 0 Å². The SMILES string of the molecule is COC(=O)C(=O)C(C(=O)OC)c1ccc(C)cc1. The Kier molecular flexibility index (Phi) is 4.59. The maximum Gasteiger partial charge on any atom is 0.375 e. The number of hydrogen-bond donors (Lipinski definition) is 0. The second-order valence-electron chi connectivity index (χ2n) is 3.72. The number of methoxy groups -OCH3 is 2. The Balaban J connectivity index is 3.13. The predicted molar refractivity (Wildman–Crippen MR) is 63.0 cm³/mol. The minimum atomic E-state index is -1.27. The van der Waals surface area contributed by atoms with Gasteiger partial charge in [0.15, 0.2) is 5.92 Å². The minimum Gasteiger partial charge on any atom is -0.468 e. The topological polar surface area (TPSA) is 69.7 Å². The van der Waals surface area contributed by atoms with Crippen molar-refractivity contribution in [1.29, 1.82) is 0 Å². The highest BCUT2D eigenvalue weighted by molar-refractivity contribution is 6.39. The van der Waals surface area contributed by atoms with E-state index in [0.29, 0.717) is 5.56 Å². The summed E-state index contributed by atoms with van der Waals surface area (Å²) in [4.78, 5) is 34.6. The summed E-state index contributed by atoms with van der Waals surface area (Å²) >= 11 is 0. The molecular weight excluding hydrogens is 236 g/mol. The molecule has 0 aromatic heterocycles. The number of Topliss-reactive ketones (excluding diaryl/α,β-unsaturated/α-hetero) is 1. The first-order chi connectivity index (χ1) is 8.51. The van der Waals surface area contributed by atoms with E-state index in [1.54, 1.807) is 24.3 Å². The van der Waals surface area contributed by atoms with Crippen molar-refractivity contribution in [2.45, 2.75) is 12.8 Å². The van der Waals surface area contributed by atoms with Crippen LogP contribution in [-0.4, -0.2) is 31.9 Å². The van der Waals surface area contributed by atoms with Gasteiger partial charge in [-0.05, 0) is 12.5 Å². The molecule has 1 atom stereocenters. The Bertz CT molecular complexity index is 461. The normalized spacial score (nSPS) is 11.5. The molecule has 0 saturated heterocycles. The van der Waals surface area contributed by atoms with Gasteiger partial charge in [-0.25, -0.2) is 4.79 Å². The van der Waals surface area contributed by atoms with E-state index >= 15 is 0 Å². The molecule has 0 radical (unpaired) electrons. The molecule has 1 aromatic carbocycles. The van der Waals surface area contributed by atoms with E-state index in [-0.39, 0.29) is 0 Å². The van der Waals surface area contributed by atoms with Crippen LogP contribution in [0.25, 0.3) is 0 Å². The fourth-order valence-corrected chi connectivity index (χ4v) is 1.49. The van der Waals surface area contributed by atoms with Gasteiger partial charge >= 0.3 is 11.9 Å². The Hall–Kier alpha value is -2.17. The molecule has 0 heterocycles. The van der Waals surface area contributed by atoms with Crippen molar-refractivity contribution in [3.8, 4) is 0 Å². The quantitative estimate of drug-likeness (QED) is 0.453. The van der Waals surface area contributed by atoms with Gasteiger partial charge in [-0.15, -0.1) is 0 Å². The number of rotatable bonds is 4. The van der Waals surface area contributed by atoms with Crippen LogP contribution in [0.1, 0.15) is 17.0 Å². The number of aryl methyl sites for hydroxylation is 1. The average molecular weight is 250 g/mol. The third-order valence-electron chi connectivity index (χ3n) is 2.50. The predicted octanol–water partition coefficient (Wildman–Crippen LogP) is 0.994. The number of carbonyl (C=O) groups excluding carboxylic acids is 3. The zero-order valence-electron chi connectivity index (χ0n) is 10.4. The van der Waals surface area contributed by atoms with Crippen LogP contribution in [0.3, 0.4) is 0 Å². The molecule has 5 nitrogen and oxygen atoms in total. The largest absolute Gasteiger partial charge is 0.468 e. The van der Waals surface area contributed by atoms with Crippen LogP contribution in [-0.2, 0) is 23.9 Å². The fourth-order valence-electron chi connectivity index (χ4n) is 1.49. The second-order valence-corrected chi connectivity index (χ2v) is 3.72. The van der Waals surface area contributed by atoms with Crippen LogP contribution in [0.4, 0.5) is 0 Å². The van der Waals surface area contributed by atoms with Crippen LogP contribution in [0, 0.1) is 6.92 Å². The molecule has 0 N–H and O–H groups in total. The van der Waals surface area contributed by atoms with E-state index in [1.165, 1.54) is 0 Å². The summed E-state index contributed by atoms with van der Waals surface area (Å²) < 4.78 is 8.88. The summed E-state index contributed by atoms with van der Waals surface area (Å²) in [6.07, 6.45) is 0. The number of hydrogen-bond acceptors (Lipinski definition) is 5. The monoisotopic (exact) mass is 250 g/mol. The molecule has 18 heavy (non-hydrogen) atoms. The maximum absolute atomic E-state index is 11.8. The number of ether oxygens (including phenoxy) is 2. The molecular formula is C13H14O5. The highest BCUT2D eigenvalue weighted by Gasteiger charge is 2.34. The summed E-state index contributed by atoms with van der Waals surface area (Å²) in [5.74, 6) is -4.06. The molecule has 1 rings (SSSR count). The minimum absolute atomic E-state index is 0.405. The molecule has 5 heteroatoms. The Morgan fingerprint density at radius 3 is 2.00 bits per heavy atom. The van der Waals surface area contributed by atoms with Crippen LogP contribution in [0.5, 0.6) is 0 Å². The molecule has 0 aliphatic carbocycles. The van der Waals surface area contributed by atoms with Gasteiger partial charge in [-0.3, -0.25) is 9.59 Å². The third kappa shape index (κ3) is 2.94. The number of ketones is 1. The second kappa shape index (κ2) is 5.95. The maximum atomic E-state index is 11.8. The van der Waals surface area contributed by atoms with Crippen molar-refractivity contribution in [2.24, 2.45) is 0 Å². The first-order valence-corrected chi connectivity index (χ1v) is 5.27. The van der Waals surface area contributed by atoms with Gasteiger partial charge in [0.2, 0.25) is 0 Å². The van der Waals surface area contributed by atoms with Crippen molar-refractivity contribution in [3.05, 3.63) is 35.4 Å². The Morgan fingerprint density at radius 2 is 1.56 bits per heavy atom. The van der Waals surface area contributed by atoms with Crippen LogP contribution in [0.15, 0.2) is 24.3 Å². The smallest absolute Gasteiger partial charge is 0.375 e. The van der Waals surface area contributed by atoms with Gasteiger partial charge in [0.05, 0.1) is 14.2 Å². The average Bonchev–Trinajstić information content (AvgIpc) is 2.39. The van der Waals surface area contributed by atoms with Crippen molar-refractivity contribution in [2.75, 3.05) is 14.2 Å². The number of esters is 2. The lowest BCUT2D eigenvalue weighted by atomic mass is 9.94. The van der Waals surface area contributed by atoms with Gasteiger partial charge in [-0.1, -0.05) is 29.8 Å². The Morgan fingerprint density at radius 1 is 1.00 bits per heavy atom. The van der Waals surface area contributed by atoms with Crippen molar-refractivity contribution < 1.29 is 23.9 Å². The fraction of sp³-hybridized carbons (Fsp3) is 0.308. The third-order valence-corrected chi connectivity index (χ3v) is 2.50. The highest BCUT2D eigenvalue weighted by Crippen LogP contribution is 2.19. The van der Waals surface area contributed by atoms with Gasteiger partial charge in [0, 0.05) is 0 Å². The molecule has 1 aromatic rings. The highest BCUT2D eigenvalue weighted by atomic mass is 16.5. The lowest BCUT2D eigenvalue weighted by Crippen LogP contribution is -2.30. The van der Waals surface area contributed by atoms with Crippen molar-refractivity contribution in [3.63, 3.8) is 0 Å². The summed E-state index contributed by atoms with van der Waals surface area (Å²) in [6.45, 7) is 1.87.